The van der Waals surface area contributed by atoms with E-state index < -0.39 is 18.1 Å². The van der Waals surface area contributed by atoms with Crippen LogP contribution >= 0.6 is 0 Å². The molecule has 0 amide bonds. The number of hydrogen-bond acceptors (Lipinski definition) is 7. The predicted octanol–water partition coefficient (Wildman–Crippen LogP) is 13.8. The van der Waals surface area contributed by atoms with E-state index in [1.54, 1.807) is 21.1 Å². The quantitative estimate of drug-likeness (QED) is 0.0259. The first kappa shape index (κ1) is 60.3. The molecule has 2 atom stereocenters. The molecule has 0 rings (SSSR count). The number of hydrogen-bond donors (Lipinski definition) is 0. The lowest BCUT2D eigenvalue weighted by Gasteiger charge is -2.34. The van der Waals surface area contributed by atoms with Crippen molar-refractivity contribution in [3.8, 4) is 0 Å². The topological polar surface area (TPSA) is 102 Å². The highest BCUT2D eigenvalue weighted by atomic mass is 16.6. The number of aliphatic carboxylic acids is 1. The first-order valence-corrected chi connectivity index (χ1v) is 26.2. The second kappa shape index (κ2) is 45.8. The largest absolute Gasteiger partial charge is 0.544 e. The fourth-order valence-electron chi connectivity index (χ4n) is 7.71. The lowest BCUT2D eigenvalue weighted by molar-refractivity contribution is -0.889. The van der Waals surface area contributed by atoms with E-state index in [2.05, 4.69) is 62.5 Å². The maximum Gasteiger partial charge on any atom is 0.306 e. The van der Waals surface area contributed by atoms with Crippen LogP contribution in [0.1, 0.15) is 232 Å². The third-order valence-electron chi connectivity index (χ3n) is 11.7. The molecule has 2 unspecified atom stereocenters. The summed E-state index contributed by atoms with van der Waals surface area (Å²) in [4.78, 5) is 37.1. The van der Waals surface area contributed by atoms with Gasteiger partial charge in [0.15, 0.2) is 6.10 Å². The predicted molar refractivity (Wildman–Crippen MR) is 263 cm³/mol. The number of carboxylic acids is 1. The van der Waals surface area contributed by atoms with Crippen molar-refractivity contribution < 1.29 is 38.2 Å². The number of unbranched alkanes of at least 4 members (excludes halogenated alkanes) is 25. The molecule has 63 heavy (non-hydrogen) atoms. The Morgan fingerprint density at radius 2 is 0.889 bits per heavy atom. The van der Waals surface area contributed by atoms with E-state index in [9.17, 15) is 19.5 Å². The summed E-state index contributed by atoms with van der Waals surface area (Å²) in [6, 6.07) is -0.729. The van der Waals surface area contributed by atoms with Gasteiger partial charge in [0.25, 0.3) is 0 Å². The number of rotatable bonds is 47. The normalized spacial score (nSPS) is 13.2. The molecule has 0 radical (unpaired) electrons. The minimum absolute atomic E-state index is 0.0362. The van der Waals surface area contributed by atoms with E-state index in [-0.39, 0.29) is 42.7 Å². The molecule has 8 nitrogen and oxygen atoms in total. The van der Waals surface area contributed by atoms with Crippen molar-refractivity contribution >= 4 is 17.9 Å². The van der Waals surface area contributed by atoms with Crippen LogP contribution in [0.15, 0.2) is 48.6 Å². The first-order valence-electron chi connectivity index (χ1n) is 26.2. The van der Waals surface area contributed by atoms with Gasteiger partial charge in [-0.15, -0.1) is 0 Å². The zero-order valence-electron chi connectivity index (χ0n) is 41.7. The number of likely N-dealkylation sites (N-methyl/N-ethyl adjacent to an activating group) is 1. The van der Waals surface area contributed by atoms with Crippen LogP contribution in [0, 0.1) is 0 Å². The van der Waals surface area contributed by atoms with Gasteiger partial charge in [0.1, 0.15) is 12.6 Å². The van der Waals surface area contributed by atoms with Gasteiger partial charge in [-0.2, -0.15) is 0 Å². The second-order valence-corrected chi connectivity index (χ2v) is 18.7. The third-order valence-corrected chi connectivity index (χ3v) is 11.7. The van der Waals surface area contributed by atoms with Crippen molar-refractivity contribution in [1.29, 1.82) is 0 Å². The molecule has 0 spiro atoms. The molecule has 0 heterocycles. The summed E-state index contributed by atoms with van der Waals surface area (Å²) < 4.78 is 17.2. The molecule has 0 aromatic heterocycles. The molecular weight excluding hydrogens is 787 g/mol. The fourth-order valence-corrected chi connectivity index (χ4v) is 7.71. The molecule has 0 aliphatic rings. The number of nitrogens with zero attached hydrogens (tertiary/aromatic N) is 1. The number of quaternary nitrogens is 1. The molecule has 0 aromatic rings. The SMILES string of the molecule is CC/C=C\C/C=C\C/C=C\C/C=C\CCCCCCCCC(=O)OC(COCCC(C(=O)[O-])[N+](C)(C)C)COC(=O)CCCCCCCCCCCCCCCCCCCCCC. The van der Waals surface area contributed by atoms with Crippen LogP contribution in [-0.4, -0.2) is 75.5 Å². The zero-order valence-corrected chi connectivity index (χ0v) is 41.7. The van der Waals surface area contributed by atoms with Crippen LogP contribution in [0.2, 0.25) is 0 Å². The Balaban J connectivity index is 4.24. The van der Waals surface area contributed by atoms with Gasteiger partial charge in [-0.05, 0) is 51.4 Å². The van der Waals surface area contributed by atoms with E-state index in [1.807, 2.05) is 0 Å². The fraction of sp³-hybridized carbons (Fsp3) is 0.800. The molecule has 366 valence electrons. The van der Waals surface area contributed by atoms with Crippen LogP contribution in [0.25, 0.3) is 0 Å². The maximum atomic E-state index is 12.8. The molecular formula is C55H99NO7. The van der Waals surface area contributed by atoms with Gasteiger partial charge in [0, 0.05) is 19.3 Å². The molecule has 0 saturated carbocycles. The Bertz CT molecular complexity index is 1170. The van der Waals surface area contributed by atoms with E-state index in [0.29, 0.717) is 12.8 Å². The van der Waals surface area contributed by atoms with Gasteiger partial charge >= 0.3 is 11.9 Å². The van der Waals surface area contributed by atoms with Crippen LogP contribution in [0.3, 0.4) is 0 Å². The van der Waals surface area contributed by atoms with Crippen molar-refractivity contribution in [2.75, 3.05) is 41.0 Å². The summed E-state index contributed by atoms with van der Waals surface area (Å²) in [5.74, 6) is -1.74. The Morgan fingerprint density at radius 1 is 0.492 bits per heavy atom. The van der Waals surface area contributed by atoms with Crippen molar-refractivity contribution in [2.24, 2.45) is 0 Å². The van der Waals surface area contributed by atoms with E-state index >= 15 is 0 Å². The molecule has 0 fully saturated rings. The zero-order chi connectivity index (χ0) is 46.3. The molecule has 0 aliphatic heterocycles. The minimum atomic E-state index is -1.13. The number of esters is 2. The highest BCUT2D eigenvalue weighted by molar-refractivity contribution is 5.70. The van der Waals surface area contributed by atoms with Crippen molar-refractivity contribution in [1.82, 2.24) is 0 Å². The number of carboxylic acid groups (broad SMARTS) is 1. The molecule has 0 aromatic carbocycles. The Kier molecular flexibility index (Phi) is 43.9. The number of allylic oxidation sites excluding steroid dienone is 8. The van der Waals surface area contributed by atoms with Crippen molar-refractivity contribution in [3.63, 3.8) is 0 Å². The van der Waals surface area contributed by atoms with Crippen LogP contribution < -0.4 is 5.11 Å². The van der Waals surface area contributed by atoms with Crippen molar-refractivity contribution in [3.05, 3.63) is 48.6 Å². The lowest BCUT2D eigenvalue weighted by Crippen LogP contribution is -2.55. The Hall–Kier alpha value is -2.71. The van der Waals surface area contributed by atoms with Gasteiger partial charge in [-0.3, -0.25) is 9.59 Å². The summed E-state index contributed by atoms with van der Waals surface area (Å²) in [6.45, 7) is 4.57. The highest BCUT2D eigenvalue weighted by Gasteiger charge is 2.25. The van der Waals surface area contributed by atoms with Crippen LogP contribution in [-0.2, 0) is 28.6 Å². The minimum Gasteiger partial charge on any atom is -0.544 e. The summed E-state index contributed by atoms with van der Waals surface area (Å²) in [7, 11) is 5.41. The van der Waals surface area contributed by atoms with Gasteiger partial charge in [0.2, 0.25) is 0 Å². The second-order valence-electron chi connectivity index (χ2n) is 18.7. The van der Waals surface area contributed by atoms with Gasteiger partial charge in [-0.1, -0.05) is 210 Å². The summed E-state index contributed by atoms with van der Waals surface area (Å²) >= 11 is 0. The molecule has 0 aliphatic carbocycles. The third kappa shape index (κ3) is 44.3. The Morgan fingerprint density at radius 3 is 1.32 bits per heavy atom. The molecule has 8 heteroatoms. The van der Waals surface area contributed by atoms with Gasteiger partial charge < -0.3 is 28.6 Å². The van der Waals surface area contributed by atoms with E-state index in [1.165, 1.54) is 122 Å². The number of ether oxygens (including phenoxy) is 3. The number of carbonyl (C=O) groups is 3. The average molecular weight is 886 g/mol. The summed E-state index contributed by atoms with van der Waals surface area (Å²) in [6.07, 6.45) is 55.7. The Labute approximate surface area is 388 Å². The number of carbonyl (C=O) groups excluding carboxylic acids is 3. The van der Waals surface area contributed by atoms with Gasteiger partial charge in [-0.25, -0.2) is 0 Å². The average Bonchev–Trinajstić information content (AvgIpc) is 3.24. The van der Waals surface area contributed by atoms with E-state index in [0.717, 1.165) is 77.0 Å². The lowest BCUT2D eigenvalue weighted by atomic mass is 10.0. The first-order chi connectivity index (χ1) is 30.6. The smallest absolute Gasteiger partial charge is 0.306 e. The highest BCUT2D eigenvalue weighted by Crippen LogP contribution is 2.16. The van der Waals surface area contributed by atoms with Crippen LogP contribution in [0.4, 0.5) is 0 Å². The standard InChI is InChI=1S/C55H99NO7/c1-6-8-10-12-14-16-18-20-22-24-26-28-29-31-33-35-37-39-41-43-45-53(57)62-50-51(49-61-48-47-52(55(59)60)56(3,4)5)63-54(58)46-44-42-40-38-36-34-32-30-27-25-23-21-19-17-15-13-11-9-7-2/h9,11,15,17,21,23,27,30,51-52H,6-8,10,12-14,16,18-20,22,24-26,28-29,31-50H2,1-5H3/b11-9-,17-15-,23-21-,30-27-. The molecule has 0 saturated heterocycles. The summed E-state index contributed by atoms with van der Waals surface area (Å²) in [5, 5.41) is 11.7. The van der Waals surface area contributed by atoms with Crippen molar-refractivity contribution in [2.45, 2.75) is 244 Å². The van der Waals surface area contributed by atoms with Crippen LogP contribution in [0.5, 0.6) is 0 Å². The summed E-state index contributed by atoms with van der Waals surface area (Å²) in [5.41, 5.74) is 0. The molecule has 0 N–H and O–H groups in total. The maximum absolute atomic E-state index is 12.8. The monoisotopic (exact) mass is 886 g/mol. The van der Waals surface area contributed by atoms with Gasteiger partial charge in [0.05, 0.1) is 40.3 Å². The molecule has 0 bridgehead atoms. The van der Waals surface area contributed by atoms with E-state index in [4.69, 9.17) is 14.2 Å².